The molecule has 1 aromatic heterocycles. The molecule has 0 radical (unpaired) electrons. The van der Waals surface area contributed by atoms with Crippen molar-refractivity contribution in [2.24, 2.45) is 7.05 Å². The zero-order valence-electron chi connectivity index (χ0n) is 8.05. The van der Waals surface area contributed by atoms with Crippen molar-refractivity contribution in [1.29, 1.82) is 0 Å². The van der Waals surface area contributed by atoms with Gasteiger partial charge in [-0.25, -0.2) is 0 Å². The van der Waals surface area contributed by atoms with Crippen molar-refractivity contribution in [1.82, 2.24) is 9.78 Å². The minimum Gasteiger partial charge on any atom is -0.292 e. The van der Waals surface area contributed by atoms with Gasteiger partial charge in [0.25, 0.3) is 5.56 Å². The van der Waals surface area contributed by atoms with Crippen LogP contribution in [0, 0.1) is 0 Å². The van der Waals surface area contributed by atoms with Gasteiger partial charge in [-0.3, -0.25) is 14.6 Å². The molecule has 2 rings (SSSR count). The summed E-state index contributed by atoms with van der Waals surface area (Å²) in [5.74, 6) is 0.609. The summed E-state index contributed by atoms with van der Waals surface area (Å²) >= 11 is 0. The van der Waals surface area contributed by atoms with Crippen LogP contribution in [-0.4, -0.2) is 9.78 Å². The van der Waals surface area contributed by atoms with E-state index in [4.69, 9.17) is 0 Å². The van der Waals surface area contributed by atoms with Gasteiger partial charge in [-0.15, -0.1) is 0 Å². The van der Waals surface area contributed by atoms with Gasteiger partial charge in [0.2, 0.25) is 0 Å². The topological polar surface area (TPSA) is 37.8 Å². The van der Waals surface area contributed by atoms with Crippen molar-refractivity contribution in [3.05, 3.63) is 22.1 Å². The summed E-state index contributed by atoms with van der Waals surface area (Å²) in [6.07, 6.45) is 6.46. The smallest absolute Gasteiger partial charge is 0.264 e. The van der Waals surface area contributed by atoms with E-state index in [2.05, 4.69) is 5.10 Å². The van der Waals surface area contributed by atoms with Crippen molar-refractivity contribution in [3.8, 4) is 0 Å². The summed E-state index contributed by atoms with van der Waals surface area (Å²) in [5.41, 5.74) is 1.22. The molecule has 0 spiro atoms. The van der Waals surface area contributed by atoms with Gasteiger partial charge in [0, 0.05) is 24.7 Å². The number of aryl methyl sites for hydroxylation is 1. The van der Waals surface area contributed by atoms with Crippen LogP contribution in [0.3, 0.4) is 0 Å². The zero-order chi connectivity index (χ0) is 9.26. The SMILES string of the molecule is Cn1[nH]c(=O)cc1C1CCCCC1. The fraction of sp³-hybridized carbons (Fsp3) is 0.700. The summed E-state index contributed by atoms with van der Waals surface area (Å²) in [6.45, 7) is 0. The molecule has 1 N–H and O–H groups in total. The Hall–Kier alpha value is -0.990. The molecule has 1 heterocycles. The Morgan fingerprint density at radius 1 is 1.38 bits per heavy atom. The molecule has 3 heteroatoms. The van der Waals surface area contributed by atoms with E-state index in [-0.39, 0.29) is 5.56 Å². The fourth-order valence-electron chi connectivity index (χ4n) is 2.28. The Balaban J connectivity index is 2.23. The minimum absolute atomic E-state index is 0.0306. The first-order chi connectivity index (χ1) is 6.27. The first-order valence-corrected chi connectivity index (χ1v) is 5.03. The molecule has 0 saturated heterocycles. The highest BCUT2D eigenvalue weighted by atomic mass is 16.1. The molecule has 72 valence electrons. The molecule has 1 aromatic rings. The lowest BCUT2D eigenvalue weighted by Crippen LogP contribution is -2.09. The Morgan fingerprint density at radius 2 is 2.08 bits per heavy atom. The highest BCUT2D eigenvalue weighted by Gasteiger charge is 2.18. The van der Waals surface area contributed by atoms with Gasteiger partial charge in [-0.2, -0.15) is 0 Å². The van der Waals surface area contributed by atoms with Crippen molar-refractivity contribution in [3.63, 3.8) is 0 Å². The Kier molecular flexibility index (Phi) is 2.25. The zero-order valence-corrected chi connectivity index (χ0v) is 8.05. The number of nitrogens with one attached hydrogen (secondary N) is 1. The number of aromatic nitrogens is 2. The summed E-state index contributed by atoms with van der Waals surface area (Å²) in [7, 11) is 1.92. The molecule has 1 saturated carbocycles. The third-order valence-corrected chi connectivity index (χ3v) is 2.97. The summed E-state index contributed by atoms with van der Waals surface area (Å²) in [6, 6.07) is 1.75. The molecule has 0 amide bonds. The first-order valence-electron chi connectivity index (χ1n) is 5.03. The van der Waals surface area contributed by atoms with E-state index in [1.807, 2.05) is 11.7 Å². The third-order valence-electron chi connectivity index (χ3n) is 2.97. The van der Waals surface area contributed by atoms with Crippen LogP contribution in [0.5, 0.6) is 0 Å². The average molecular weight is 180 g/mol. The lowest BCUT2D eigenvalue weighted by atomic mass is 9.87. The largest absolute Gasteiger partial charge is 0.292 e. The second-order valence-corrected chi connectivity index (χ2v) is 3.94. The van der Waals surface area contributed by atoms with Gasteiger partial charge in [-0.05, 0) is 12.8 Å². The van der Waals surface area contributed by atoms with E-state index in [0.29, 0.717) is 5.92 Å². The van der Waals surface area contributed by atoms with Crippen LogP contribution >= 0.6 is 0 Å². The predicted octanol–water partition coefficient (Wildman–Crippen LogP) is 1.76. The molecular weight excluding hydrogens is 164 g/mol. The van der Waals surface area contributed by atoms with Crippen molar-refractivity contribution < 1.29 is 0 Å². The number of rotatable bonds is 1. The van der Waals surface area contributed by atoms with Gasteiger partial charge in [0.15, 0.2) is 0 Å². The Labute approximate surface area is 77.7 Å². The van der Waals surface area contributed by atoms with E-state index in [0.717, 1.165) is 0 Å². The maximum atomic E-state index is 11.1. The van der Waals surface area contributed by atoms with Crippen LogP contribution in [0.4, 0.5) is 0 Å². The van der Waals surface area contributed by atoms with Gasteiger partial charge in [0.05, 0.1) is 0 Å². The number of hydrogen-bond donors (Lipinski definition) is 1. The number of hydrogen-bond acceptors (Lipinski definition) is 1. The van der Waals surface area contributed by atoms with Gasteiger partial charge >= 0.3 is 0 Å². The normalized spacial score (nSPS) is 19.2. The molecule has 3 nitrogen and oxygen atoms in total. The van der Waals surface area contributed by atoms with E-state index in [1.54, 1.807) is 6.07 Å². The molecule has 0 bridgehead atoms. The predicted molar refractivity (Wildman–Crippen MR) is 51.9 cm³/mol. The molecule has 1 aliphatic carbocycles. The lowest BCUT2D eigenvalue weighted by molar-refractivity contribution is 0.424. The van der Waals surface area contributed by atoms with Crippen molar-refractivity contribution in [2.75, 3.05) is 0 Å². The van der Waals surface area contributed by atoms with Crippen LogP contribution in [0.2, 0.25) is 0 Å². The Morgan fingerprint density at radius 3 is 2.62 bits per heavy atom. The first kappa shape index (κ1) is 8.60. The molecule has 13 heavy (non-hydrogen) atoms. The molecule has 1 aliphatic rings. The Bertz CT molecular complexity index is 331. The highest BCUT2D eigenvalue weighted by molar-refractivity contribution is 5.08. The van der Waals surface area contributed by atoms with Crippen LogP contribution in [0.15, 0.2) is 10.9 Å². The average Bonchev–Trinajstić information content (AvgIpc) is 2.47. The summed E-state index contributed by atoms with van der Waals surface area (Å²) in [4.78, 5) is 11.1. The van der Waals surface area contributed by atoms with Gasteiger partial charge in [-0.1, -0.05) is 19.3 Å². The monoisotopic (exact) mass is 180 g/mol. The molecule has 1 fully saturated rings. The molecule has 0 unspecified atom stereocenters. The quantitative estimate of drug-likeness (QED) is 0.702. The van der Waals surface area contributed by atoms with Crippen molar-refractivity contribution in [2.45, 2.75) is 38.0 Å². The molecule has 0 atom stereocenters. The van der Waals surface area contributed by atoms with E-state index in [9.17, 15) is 4.79 Å². The van der Waals surface area contributed by atoms with Gasteiger partial charge in [0.1, 0.15) is 0 Å². The van der Waals surface area contributed by atoms with Crippen LogP contribution in [-0.2, 0) is 7.05 Å². The maximum Gasteiger partial charge on any atom is 0.264 e. The highest BCUT2D eigenvalue weighted by Crippen LogP contribution is 2.31. The number of nitrogens with zero attached hydrogens (tertiary/aromatic N) is 1. The molecule has 0 aromatic carbocycles. The third kappa shape index (κ3) is 1.69. The summed E-state index contributed by atoms with van der Waals surface area (Å²) in [5, 5.41) is 2.77. The van der Waals surface area contributed by atoms with Crippen LogP contribution < -0.4 is 5.56 Å². The van der Waals surface area contributed by atoms with E-state index < -0.39 is 0 Å². The summed E-state index contributed by atoms with van der Waals surface area (Å²) < 4.78 is 1.87. The maximum absolute atomic E-state index is 11.1. The molecule has 0 aliphatic heterocycles. The van der Waals surface area contributed by atoms with Crippen LogP contribution in [0.25, 0.3) is 0 Å². The number of aromatic amines is 1. The number of H-pyrrole nitrogens is 1. The van der Waals surface area contributed by atoms with Crippen LogP contribution in [0.1, 0.15) is 43.7 Å². The second-order valence-electron chi connectivity index (χ2n) is 3.94. The minimum atomic E-state index is 0.0306. The standard InChI is InChI=1S/C10H16N2O/c1-12-9(7-10(13)11-12)8-5-3-2-4-6-8/h7-8H,2-6H2,1H3,(H,11,13). The lowest BCUT2D eigenvalue weighted by Gasteiger charge is -2.21. The molecular formula is C10H16N2O. The second kappa shape index (κ2) is 3.40. The van der Waals surface area contributed by atoms with Gasteiger partial charge < -0.3 is 0 Å². The van der Waals surface area contributed by atoms with E-state index >= 15 is 0 Å². The van der Waals surface area contributed by atoms with E-state index in [1.165, 1.54) is 37.8 Å². The van der Waals surface area contributed by atoms with Crippen molar-refractivity contribution >= 4 is 0 Å². The fourth-order valence-corrected chi connectivity index (χ4v) is 2.28.